The topological polar surface area (TPSA) is 54.5 Å². The number of hydrogen-bond donors (Lipinski definition) is 1. The van der Waals surface area contributed by atoms with Crippen LogP contribution < -0.4 is 10.2 Å². The molecule has 2 saturated heterocycles. The Morgan fingerprint density at radius 3 is 2.95 bits per heavy atom. The molecule has 2 fully saturated rings. The number of nitrogens with zero attached hydrogens (tertiary/aromatic N) is 2. The van der Waals surface area contributed by atoms with Crippen molar-refractivity contribution in [3.63, 3.8) is 0 Å². The van der Waals surface area contributed by atoms with Gasteiger partial charge in [0.25, 0.3) is 5.91 Å². The second kappa shape index (κ2) is 5.57. The zero-order valence-corrected chi connectivity index (χ0v) is 11.0. The predicted molar refractivity (Wildman–Crippen MR) is 73.3 cm³/mol. The van der Waals surface area contributed by atoms with Crippen LogP contribution >= 0.6 is 0 Å². The van der Waals surface area contributed by atoms with Crippen LogP contribution in [-0.4, -0.2) is 36.7 Å². The smallest absolute Gasteiger partial charge is 0.253 e. The molecule has 2 aliphatic rings. The maximum absolute atomic E-state index is 12.1. The number of anilines is 2. The average molecular weight is 261 g/mol. The lowest BCUT2D eigenvalue weighted by Gasteiger charge is -2.20. The lowest BCUT2D eigenvalue weighted by molar-refractivity contribution is -0.124. The molecule has 2 aliphatic heterocycles. The summed E-state index contributed by atoms with van der Waals surface area (Å²) in [5, 5.41) is 2.96. The normalized spacial score (nSPS) is 22.7. The Labute approximate surface area is 113 Å². The summed E-state index contributed by atoms with van der Waals surface area (Å²) in [5.41, 5.74) is 0.796. The van der Waals surface area contributed by atoms with E-state index in [4.69, 9.17) is 4.74 Å². The van der Waals surface area contributed by atoms with Crippen LogP contribution in [0.3, 0.4) is 0 Å². The molecule has 5 nitrogen and oxygen atoms in total. The van der Waals surface area contributed by atoms with Crippen LogP contribution in [0.1, 0.15) is 25.7 Å². The van der Waals surface area contributed by atoms with Gasteiger partial charge in [-0.05, 0) is 37.8 Å². The second-order valence-corrected chi connectivity index (χ2v) is 5.06. The molecule has 0 unspecified atom stereocenters. The minimum Gasteiger partial charge on any atom is -0.368 e. The summed E-state index contributed by atoms with van der Waals surface area (Å²) in [6.45, 7) is 2.71. The van der Waals surface area contributed by atoms with Crippen LogP contribution in [0.5, 0.6) is 0 Å². The summed E-state index contributed by atoms with van der Waals surface area (Å²) in [7, 11) is 0. The standard InChI is InChI=1S/C14H19N3O2/c18-14(12-6-4-10-19-12)16-11-5-3-7-15-13(11)17-8-1-2-9-17/h3,5,7,12H,1-2,4,6,8-10H2,(H,16,18)/t12-/m1/s1. The predicted octanol–water partition coefficient (Wildman–Crippen LogP) is 1.80. The molecule has 102 valence electrons. The first-order valence-electron chi connectivity index (χ1n) is 6.97. The molecule has 3 rings (SSSR count). The Kier molecular flexibility index (Phi) is 3.64. The molecule has 0 aromatic carbocycles. The number of amides is 1. The second-order valence-electron chi connectivity index (χ2n) is 5.06. The first-order valence-corrected chi connectivity index (χ1v) is 6.97. The van der Waals surface area contributed by atoms with E-state index in [2.05, 4.69) is 15.2 Å². The van der Waals surface area contributed by atoms with E-state index < -0.39 is 0 Å². The molecule has 0 spiro atoms. The number of carbonyl (C=O) groups is 1. The number of aromatic nitrogens is 1. The van der Waals surface area contributed by atoms with Crippen LogP contribution in [0.15, 0.2) is 18.3 Å². The number of nitrogens with one attached hydrogen (secondary N) is 1. The first-order chi connectivity index (χ1) is 9.34. The number of carbonyl (C=O) groups excluding carboxylic acids is 1. The maximum Gasteiger partial charge on any atom is 0.253 e. The number of ether oxygens (including phenoxy) is 1. The minimum atomic E-state index is -0.299. The van der Waals surface area contributed by atoms with Gasteiger partial charge in [-0.1, -0.05) is 0 Å². The number of pyridine rings is 1. The van der Waals surface area contributed by atoms with E-state index in [0.717, 1.165) is 37.4 Å². The summed E-state index contributed by atoms with van der Waals surface area (Å²) in [5.74, 6) is 0.831. The number of rotatable bonds is 3. The molecule has 1 aromatic rings. The third-order valence-electron chi connectivity index (χ3n) is 3.67. The van der Waals surface area contributed by atoms with Gasteiger partial charge in [0, 0.05) is 25.9 Å². The van der Waals surface area contributed by atoms with Crippen molar-refractivity contribution in [3.05, 3.63) is 18.3 Å². The SMILES string of the molecule is O=C(Nc1cccnc1N1CCCC1)[C@H]1CCCO1. The molecular formula is C14H19N3O2. The zero-order valence-electron chi connectivity index (χ0n) is 11.0. The maximum atomic E-state index is 12.1. The van der Waals surface area contributed by atoms with E-state index >= 15 is 0 Å². The van der Waals surface area contributed by atoms with E-state index in [1.54, 1.807) is 6.20 Å². The first kappa shape index (κ1) is 12.4. The third-order valence-corrected chi connectivity index (χ3v) is 3.67. The van der Waals surface area contributed by atoms with Crippen molar-refractivity contribution in [1.29, 1.82) is 0 Å². The summed E-state index contributed by atoms with van der Waals surface area (Å²) in [6, 6.07) is 3.76. The Hall–Kier alpha value is -1.62. The lowest BCUT2D eigenvalue weighted by atomic mass is 10.2. The number of hydrogen-bond acceptors (Lipinski definition) is 4. The van der Waals surface area contributed by atoms with Crippen LogP contribution in [0.4, 0.5) is 11.5 Å². The molecule has 1 atom stereocenters. The molecule has 1 amide bonds. The van der Waals surface area contributed by atoms with Gasteiger partial charge in [-0.15, -0.1) is 0 Å². The van der Waals surface area contributed by atoms with Crippen molar-refractivity contribution in [2.45, 2.75) is 31.8 Å². The van der Waals surface area contributed by atoms with Gasteiger partial charge < -0.3 is 15.0 Å². The van der Waals surface area contributed by atoms with Gasteiger partial charge in [-0.3, -0.25) is 4.79 Å². The highest BCUT2D eigenvalue weighted by atomic mass is 16.5. The van der Waals surface area contributed by atoms with Crippen LogP contribution in [0.25, 0.3) is 0 Å². The average Bonchev–Trinajstić information content (AvgIpc) is 3.13. The van der Waals surface area contributed by atoms with Crippen molar-refractivity contribution < 1.29 is 9.53 Å². The van der Waals surface area contributed by atoms with Gasteiger partial charge in [0.15, 0.2) is 5.82 Å². The fourth-order valence-corrected chi connectivity index (χ4v) is 2.67. The highest BCUT2D eigenvalue weighted by Gasteiger charge is 2.25. The van der Waals surface area contributed by atoms with Gasteiger partial charge in [-0.2, -0.15) is 0 Å². The molecule has 5 heteroatoms. The van der Waals surface area contributed by atoms with Gasteiger partial charge in [0.1, 0.15) is 6.10 Å². The van der Waals surface area contributed by atoms with Gasteiger partial charge in [0.2, 0.25) is 0 Å². The molecule has 1 N–H and O–H groups in total. The zero-order chi connectivity index (χ0) is 13.1. The van der Waals surface area contributed by atoms with Crippen molar-refractivity contribution in [1.82, 2.24) is 4.98 Å². The van der Waals surface area contributed by atoms with Crippen LogP contribution in [0, 0.1) is 0 Å². The monoisotopic (exact) mass is 261 g/mol. The summed E-state index contributed by atoms with van der Waals surface area (Å²) < 4.78 is 5.41. The van der Waals surface area contributed by atoms with Crippen molar-refractivity contribution >= 4 is 17.4 Å². The fraction of sp³-hybridized carbons (Fsp3) is 0.571. The van der Waals surface area contributed by atoms with E-state index in [1.165, 1.54) is 12.8 Å². The van der Waals surface area contributed by atoms with Gasteiger partial charge in [-0.25, -0.2) is 4.98 Å². The fourth-order valence-electron chi connectivity index (χ4n) is 2.67. The Bertz CT molecular complexity index is 452. The van der Waals surface area contributed by atoms with Crippen molar-refractivity contribution in [3.8, 4) is 0 Å². The highest BCUT2D eigenvalue weighted by Crippen LogP contribution is 2.26. The van der Waals surface area contributed by atoms with E-state index in [0.29, 0.717) is 6.61 Å². The summed E-state index contributed by atoms with van der Waals surface area (Å²) >= 11 is 0. The highest BCUT2D eigenvalue weighted by molar-refractivity contribution is 5.96. The molecule has 0 radical (unpaired) electrons. The van der Waals surface area contributed by atoms with Crippen LogP contribution in [-0.2, 0) is 9.53 Å². The third kappa shape index (κ3) is 2.71. The molecule has 3 heterocycles. The van der Waals surface area contributed by atoms with Gasteiger partial charge >= 0.3 is 0 Å². The quantitative estimate of drug-likeness (QED) is 0.901. The molecule has 19 heavy (non-hydrogen) atoms. The Balaban J connectivity index is 1.74. The molecule has 0 saturated carbocycles. The van der Waals surface area contributed by atoms with E-state index in [-0.39, 0.29) is 12.0 Å². The molecule has 1 aromatic heterocycles. The van der Waals surface area contributed by atoms with Crippen molar-refractivity contribution in [2.75, 3.05) is 29.9 Å². The largest absolute Gasteiger partial charge is 0.368 e. The molecule has 0 bridgehead atoms. The van der Waals surface area contributed by atoms with E-state index in [1.807, 2.05) is 12.1 Å². The van der Waals surface area contributed by atoms with E-state index in [9.17, 15) is 4.79 Å². The Morgan fingerprint density at radius 2 is 2.21 bits per heavy atom. The molecular weight excluding hydrogens is 242 g/mol. The molecule has 0 aliphatic carbocycles. The Morgan fingerprint density at radius 1 is 1.37 bits per heavy atom. The minimum absolute atomic E-state index is 0.0500. The van der Waals surface area contributed by atoms with Crippen molar-refractivity contribution in [2.24, 2.45) is 0 Å². The lowest BCUT2D eigenvalue weighted by Crippen LogP contribution is -2.28. The van der Waals surface area contributed by atoms with Gasteiger partial charge in [0.05, 0.1) is 5.69 Å². The summed E-state index contributed by atoms with van der Waals surface area (Å²) in [4.78, 5) is 18.7. The summed E-state index contributed by atoms with van der Waals surface area (Å²) in [6.07, 6.45) is 5.63. The van der Waals surface area contributed by atoms with Crippen LogP contribution in [0.2, 0.25) is 0 Å².